The Morgan fingerprint density at radius 2 is 2.19 bits per heavy atom. The predicted molar refractivity (Wildman–Crippen MR) is 64.0 cm³/mol. The highest BCUT2D eigenvalue weighted by Crippen LogP contribution is 2.29. The summed E-state index contributed by atoms with van der Waals surface area (Å²) in [4.78, 5) is 13.7. The van der Waals surface area contributed by atoms with Gasteiger partial charge in [0.25, 0.3) is 0 Å². The topological polar surface area (TPSA) is 25.2 Å². The molecule has 3 heteroatoms. The van der Waals surface area contributed by atoms with Crippen LogP contribution in [0, 0.1) is 0 Å². The molecule has 1 atom stereocenters. The summed E-state index contributed by atoms with van der Waals surface area (Å²) in [5.41, 5.74) is 1.26. The Hall–Kier alpha value is -1.25. The van der Waals surface area contributed by atoms with Gasteiger partial charge >= 0.3 is 0 Å². The van der Waals surface area contributed by atoms with Gasteiger partial charge in [0.2, 0.25) is 5.91 Å². The highest BCUT2D eigenvalue weighted by Gasteiger charge is 2.25. The summed E-state index contributed by atoms with van der Waals surface area (Å²) in [6, 6.07) is 4.46. The van der Waals surface area contributed by atoms with Crippen molar-refractivity contribution in [3.63, 3.8) is 0 Å². The molecule has 0 aliphatic carbocycles. The molecule has 88 valence electrons. The number of carbonyl (C=O) groups excluding carboxylic acids is 1. The van der Waals surface area contributed by atoms with E-state index in [1.165, 1.54) is 18.5 Å². The average Bonchev–Trinajstić information content (AvgIpc) is 2.54. The van der Waals surface area contributed by atoms with Crippen molar-refractivity contribution in [2.24, 2.45) is 7.05 Å². The molecule has 0 aromatic carbocycles. The Labute approximate surface area is 97.1 Å². The van der Waals surface area contributed by atoms with Crippen LogP contribution in [-0.2, 0) is 11.8 Å². The van der Waals surface area contributed by atoms with E-state index in [1.807, 2.05) is 4.90 Å². The summed E-state index contributed by atoms with van der Waals surface area (Å²) in [6.07, 6.45) is 6.75. The van der Waals surface area contributed by atoms with Crippen molar-refractivity contribution in [2.75, 3.05) is 6.54 Å². The van der Waals surface area contributed by atoms with Crippen molar-refractivity contribution in [1.29, 1.82) is 0 Å². The third-order valence-corrected chi connectivity index (χ3v) is 3.48. The number of hydrogen-bond acceptors (Lipinski definition) is 1. The molecule has 1 aliphatic heterocycles. The smallest absolute Gasteiger partial charge is 0.220 e. The molecule has 0 bridgehead atoms. The number of aryl methyl sites for hydroxylation is 1. The second-order valence-electron chi connectivity index (χ2n) is 4.62. The van der Waals surface area contributed by atoms with Crippen LogP contribution in [0.5, 0.6) is 0 Å². The van der Waals surface area contributed by atoms with Gasteiger partial charge in [0.1, 0.15) is 0 Å². The molecule has 0 spiro atoms. The van der Waals surface area contributed by atoms with E-state index in [1.54, 1.807) is 6.92 Å². The number of carbonyl (C=O) groups is 1. The highest BCUT2D eigenvalue weighted by atomic mass is 16.2. The molecule has 0 N–H and O–H groups in total. The summed E-state index contributed by atoms with van der Waals surface area (Å²) in [5.74, 6) is 0.202. The quantitative estimate of drug-likeness (QED) is 0.714. The minimum Gasteiger partial charge on any atom is -0.353 e. The van der Waals surface area contributed by atoms with E-state index in [9.17, 15) is 4.79 Å². The lowest BCUT2D eigenvalue weighted by molar-refractivity contribution is -0.131. The van der Waals surface area contributed by atoms with Gasteiger partial charge in [0.15, 0.2) is 0 Å². The van der Waals surface area contributed by atoms with E-state index in [0.717, 1.165) is 19.4 Å². The van der Waals surface area contributed by atoms with Crippen molar-refractivity contribution in [3.05, 3.63) is 24.0 Å². The Bertz CT molecular complexity index is 370. The van der Waals surface area contributed by atoms with Crippen molar-refractivity contribution < 1.29 is 4.79 Å². The molecule has 0 saturated carbocycles. The molecule has 2 heterocycles. The number of aromatic nitrogens is 1. The molecule has 2 rings (SSSR count). The number of likely N-dealkylation sites (tertiary alicyclic amines) is 1. The fourth-order valence-electron chi connectivity index (χ4n) is 2.61. The third kappa shape index (κ3) is 2.13. The first-order valence-corrected chi connectivity index (χ1v) is 6.08. The van der Waals surface area contributed by atoms with Crippen molar-refractivity contribution in [2.45, 2.75) is 38.6 Å². The summed E-state index contributed by atoms with van der Waals surface area (Å²) < 4.78 is 2.13. The van der Waals surface area contributed by atoms with Gasteiger partial charge in [0, 0.05) is 32.4 Å². The van der Waals surface area contributed by atoms with Crippen LogP contribution in [0.1, 0.15) is 44.3 Å². The molecular weight excluding hydrogens is 200 g/mol. The Kier molecular flexibility index (Phi) is 3.32. The molecular formula is C13H20N2O. The van der Waals surface area contributed by atoms with Crippen LogP contribution in [0.25, 0.3) is 0 Å². The van der Waals surface area contributed by atoms with Crippen LogP contribution in [0.4, 0.5) is 0 Å². The van der Waals surface area contributed by atoms with Gasteiger partial charge < -0.3 is 9.47 Å². The van der Waals surface area contributed by atoms with E-state index < -0.39 is 0 Å². The van der Waals surface area contributed by atoms with Crippen LogP contribution in [0.15, 0.2) is 18.3 Å². The number of rotatable bonds is 1. The maximum Gasteiger partial charge on any atom is 0.220 e. The molecule has 0 radical (unpaired) electrons. The molecule has 1 amide bonds. The SMILES string of the molecule is CC(=O)N1CCCCCC1c1cccn1C. The van der Waals surface area contributed by atoms with Gasteiger partial charge in [-0.15, -0.1) is 0 Å². The summed E-state index contributed by atoms with van der Waals surface area (Å²) in [7, 11) is 2.05. The fourth-order valence-corrected chi connectivity index (χ4v) is 2.61. The Morgan fingerprint density at radius 3 is 2.81 bits per heavy atom. The second-order valence-corrected chi connectivity index (χ2v) is 4.62. The van der Waals surface area contributed by atoms with Crippen LogP contribution in [0.3, 0.4) is 0 Å². The maximum absolute atomic E-state index is 11.7. The van der Waals surface area contributed by atoms with Crippen LogP contribution in [0.2, 0.25) is 0 Å². The van der Waals surface area contributed by atoms with E-state index in [4.69, 9.17) is 0 Å². The number of amides is 1. The molecule has 1 saturated heterocycles. The monoisotopic (exact) mass is 220 g/mol. The molecule has 1 aromatic heterocycles. The van der Waals surface area contributed by atoms with Gasteiger partial charge in [0.05, 0.1) is 6.04 Å². The summed E-state index contributed by atoms with van der Waals surface area (Å²) in [5, 5.41) is 0. The third-order valence-electron chi connectivity index (χ3n) is 3.48. The number of nitrogens with zero attached hydrogens (tertiary/aromatic N) is 2. The van der Waals surface area contributed by atoms with E-state index in [-0.39, 0.29) is 11.9 Å². The lowest BCUT2D eigenvalue weighted by atomic mass is 10.1. The average molecular weight is 220 g/mol. The zero-order valence-corrected chi connectivity index (χ0v) is 10.1. The van der Waals surface area contributed by atoms with E-state index in [0.29, 0.717) is 0 Å². The van der Waals surface area contributed by atoms with Crippen LogP contribution >= 0.6 is 0 Å². The zero-order valence-electron chi connectivity index (χ0n) is 10.1. The summed E-state index contributed by atoms with van der Waals surface area (Å²) in [6.45, 7) is 2.59. The lowest BCUT2D eigenvalue weighted by Gasteiger charge is -2.29. The van der Waals surface area contributed by atoms with E-state index >= 15 is 0 Å². The maximum atomic E-state index is 11.7. The second kappa shape index (κ2) is 4.73. The van der Waals surface area contributed by atoms with Crippen molar-refractivity contribution >= 4 is 5.91 Å². The molecule has 16 heavy (non-hydrogen) atoms. The van der Waals surface area contributed by atoms with Gasteiger partial charge in [-0.3, -0.25) is 4.79 Å². The lowest BCUT2D eigenvalue weighted by Crippen LogP contribution is -2.33. The predicted octanol–water partition coefficient (Wildman–Crippen LogP) is 2.49. The summed E-state index contributed by atoms with van der Waals surface area (Å²) >= 11 is 0. The normalized spacial score (nSPS) is 21.9. The fraction of sp³-hybridized carbons (Fsp3) is 0.615. The molecule has 3 nitrogen and oxygen atoms in total. The zero-order chi connectivity index (χ0) is 11.5. The first-order valence-electron chi connectivity index (χ1n) is 6.08. The van der Waals surface area contributed by atoms with Crippen LogP contribution in [-0.4, -0.2) is 21.9 Å². The standard InChI is InChI=1S/C13H20N2O/c1-11(16)15-10-5-3-4-7-13(15)12-8-6-9-14(12)2/h6,8-9,13H,3-5,7,10H2,1-2H3. The molecule has 1 aliphatic rings. The van der Waals surface area contributed by atoms with Gasteiger partial charge in [-0.1, -0.05) is 12.8 Å². The molecule has 1 unspecified atom stereocenters. The van der Waals surface area contributed by atoms with Crippen LogP contribution < -0.4 is 0 Å². The van der Waals surface area contributed by atoms with Crippen molar-refractivity contribution in [1.82, 2.24) is 9.47 Å². The van der Waals surface area contributed by atoms with Gasteiger partial charge in [-0.25, -0.2) is 0 Å². The Morgan fingerprint density at radius 1 is 1.38 bits per heavy atom. The Balaban J connectivity index is 2.27. The van der Waals surface area contributed by atoms with Gasteiger partial charge in [-0.05, 0) is 25.0 Å². The van der Waals surface area contributed by atoms with Crippen molar-refractivity contribution in [3.8, 4) is 0 Å². The minimum atomic E-state index is 0.202. The highest BCUT2D eigenvalue weighted by molar-refractivity contribution is 5.73. The molecule has 1 aromatic rings. The first kappa shape index (κ1) is 11.2. The number of hydrogen-bond donors (Lipinski definition) is 0. The van der Waals surface area contributed by atoms with E-state index in [2.05, 4.69) is 29.9 Å². The first-order chi connectivity index (χ1) is 7.70. The molecule has 1 fully saturated rings. The largest absolute Gasteiger partial charge is 0.353 e. The minimum absolute atomic E-state index is 0.202. The van der Waals surface area contributed by atoms with Gasteiger partial charge in [-0.2, -0.15) is 0 Å².